The van der Waals surface area contributed by atoms with Gasteiger partial charge in [-0.15, -0.1) is 0 Å². The van der Waals surface area contributed by atoms with Gasteiger partial charge in [-0.3, -0.25) is 0 Å². The predicted octanol–water partition coefficient (Wildman–Crippen LogP) is 0.508. The normalized spacial score (nSPS) is 25.8. The van der Waals surface area contributed by atoms with Crippen LogP contribution in [0.1, 0.15) is 33.2 Å². The molecule has 0 unspecified atom stereocenters. The fourth-order valence-corrected chi connectivity index (χ4v) is 3.79. The average molecular weight is 434 g/mol. The highest BCUT2D eigenvalue weighted by atomic mass is 16.5. The zero-order chi connectivity index (χ0) is 22.7. The summed E-state index contributed by atoms with van der Waals surface area (Å²) in [5, 5.41) is 49.5. The van der Waals surface area contributed by atoms with Gasteiger partial charge in [-0.2, -0.15) is 0 Å². The van der Waals surface area contributed by atoms with E-state index in [9.17, 15) is 30.3 Å². The van der Waals surface area contributed by atoms with Crippen LogP contribution in [0.25, 0.3) is 0 Å². The van der Waals surface area contributed by atoms with Gasteiger partial charge in [0.1, 0.15) is 42.0 Å². The maximum atomic E-state index is 11.5. The SMILES string of the molecule is COc1cc([C@@H]2O[C@H](CO)[C@H](O)[C@H](O)[C@H]2O)c(OC)cc1Cc1ccccc1C(=O)O. The molecule has 1 aliphatic rings. The average Bonchev–Trinajstić information content (AvgIpc) is 2.78. The van der Waals surface area contributed by atoms with E-state index in [1.165, 1.54) is 20.3 Å². The molecule has 5 N–H and O–H groups in total. The van der Waals surface area contributed by atoms with Gasteiger partial charge in [0.05, 0.1) is 26.4 Å². The molecule has 0 saturated carbocycles. The van der Waals surface area contributed by atoms with Gasteiger partial charge in [-0.05, 0) is 23.8 Å². The first-order chi connectivity index (χ1) is 14.8. The van der Waals surface area contributed by atoms with E-state index in [1.54, 1.807) is 30.3 Å². The first-order valence-electron chi connectivity index (χ1n) is 9.68. The van der Waals surface area contributed by atoms with Crippen LogP contribution in [-0.2, 0) is 11.2 Å². The number of ether oxygens (including phenoxy) is 3. The van der Waals surface area contributed by atoms with Gasteiger partial charge < -0.3 is 39.7 Å². The van der Waals surface area contributed by atoms with Crippen LogP contribution in [0, 0.1) is 0 Å². The van der Waals surface area contributed by atoms with E-state index in [1.807, 2.05) is 0 Å². The third-order valence-corrected chi connectivity index (χ3v) is 5.46. The molecule has 0 radical (unpaired) electrons. The largest absolute Gasteiger partial charge is 0.496 e. The molecular weight excluding hydrogens is 408 g/mol. The smallest absolute Gasteiger partial charge is 0.335 e. The maximum Gasteiger partial charge on any atom is 0.335 e. The van der Waals surface area contributed by atoms with Crippen LogP contribution in [0.3, 0.4) is 0 Å². The molecule has 5 atom stereocenters. The molecule has 9 heteroatoms. The maximum absolute atomic E-state index is 11.5. The Labute approximate surface area is 179 Å². The lowest BCUT2D eigenvalue weighted by molar-refractivity contribution is -0.232. The highest BCUT2D eigenvalue weighted by Gasteiger charge is 2.45. The van der Waals surface area contributed by atoms with Gasteiger partial charge in [-0.25, -0.2) is 4.79 Å². The number of carbonyl (C=O) groups is 1. The number of aliphatic hydroxyl groups excluding tert-OH is 4. The molecule has 0 aliphatic carbocycles. The molecule has 0 amide bonds. The Bertz CT molecular complexity index is 927. The first kappa shape index (κ1) is 23.0. The third-order valence-electron chi connectivity index (χ3n) is 5.46. The molecule has 31 heavy (non-hydrogen) atoms. The minimum Gasteiger partial charge on any atom is -0.496 e. The Hall–Kier alpha value is -2.69. The van der Waals surface area contributed by atoms with Crippen molar-refractivity contribution in [1.29, 1.82) is 0 Å². The lowest BCUT2D eigenvalue weighted by Gasteiger charge is -2.40. The number of hydrogen-bond acceptors (Lipinski definition) is 8. The highest BCUT2D eigenvalue weighted by Crippen LogP contribution is 2.40. The summed E-state index contributed by atoms with van der Waals surface area (Å²) in [7, 11) is 2.87. The van der Waals surface area contributed by atoms with Crippen molar-refractivity contribution in [3.8, 4) is 11.5 Å². The van der Waals surface area contributed by atoms with Crippen LogP contribution in [0.2, 0.25) is 0 Å². The van der Waals surface area contributed by atoms with Crippen molar-refractivity contribution >= 4 is 5.97 Å². The van der Waals surface area contributed by atoms with Crippen molar-refractivity contribution in [2.24, 2.45) is 0 Å². The lowest BCUT2D eigenvalue weighted by atomic mass is 9.89. The number of methoxy groups -OCH3 is 2. The molecule has 168 valence electrons. The molecule has 2 aromatic rings. The third kappa shape index (κ3) is 4.51. The molecule has 9 nitrogen and oxygen atoms in total. The first-order valence-corrected chi connectivity index (χ1v) is 9.68. The minimum atomic E-state index is -1.53. The molecule has 1 aliphatic heterocycles. The summed E-state index contributed by atoms with van der Waals surface area (Å²) in [5.74, 6) is -0.333. The second kappa shape index (κ2) is 9.63. The van der Waals surface area contributed by atoms with Crippen molar-refractivity contribution in [3.05, 3.63) is 58.7 Å². The number of aromatic carboxylic acids is 1. The van der Waals surface area contributed by atoms with E-state index in [2.05, 4.69) is 0 Å². The summed E-state index contributed by atoms with van der Waals surface area (Å²) in [5.41, 5.74) is 1.74. The molecule has 1 fully saturated rings. The van der Waals surface area contributed by atoms with Gasteiger partial charge >= 0.3 is 5.97 Å². The molecule has 1 saturated heterocycles. The molecule has 1 heterocycles. The Kier molecular flexibility index (Phi) is 7.14. The van der Waals surface area contributed by atoms with Gasteiger partial charge in [-0.1, -0.05) is 18.2 Å². The standard InChI is InChI=1S/C22H26O9/c1-29-15-9-14(21-20(26)19(25)18(24)17(10-23)31-21)16(30-2)8-12(15)7-11-5-3-4-6-13(11)22(27)28/h3-6,8-9,17-21,23-26H,7,10H2,1-2H3,(H,27,28)/t17-,18+,19+,20-,21+/m1/s1. The summed E-state index contributed by atoms with van der Waals surface area (Å²) >= 11 is 0. The molecule has 0 spiro atoms. The second-order valence-corrected chi connectivity index (χ2v) is 7.29. The summed E-state index contributed by atoms with van der Waals surface area (Å²) < 4.78 is 16.6. The Morgan fingerprint density at radius 1 is 0.968 bits per heavy atom. The molecule has 3 rings (SSSR count). The van der Waals surface area contributed by atoms with Crippen LogP contribution in [0.15, 0.2) is 36.4 Å². The van der Waals surface area contributed by atoms with E-state index in [4.69, 9.17) is 14.2 Å². The van der Waals surface area contributed by atoms with Crippen molar-refractivity contribution in [1.82, 2.24) is 0 Å². The Morgan fingerprint density at radius 2 is 1.65 bits per heavy atom. The zero-order valence-corrected chi connectivity index (χ0v) is 17.1. The van der Waals surface area contributed by atoms with Gasteiger partial charge in [0.25, 0.3) is 0 Å². The van der Waals surface area contributed by atoms with Crippen LogP contribution in [-0.4, -0.2) is 76.7 Å². The van der Waals surface area contributed by atoms with Crippen LogP contribution in [0.5, 0.6) is 11.5 Å². The number of carboxylic acids is 1. The Morgan fingerprint density at radius 3 is 2.26 bits per heavy atom. The van der Waals surface area contributed by atoms with E-state index < -0.39 is 43.1 Å². The molecule has 0 aromatic heterocycles. The van der Waals surface area contributed by atoms with Crippen molar-refractivity contribution in [2.75, 3.05) is 20.8 Å². The summed E-state index contributed by atoms with van der Waals surface area (Å²) in [4.78, 5) is 11.5. The summed E-state index contributed by atoms with van der Waals surface area (Å²) in [6, 6.07) is 9.84. The van der Waals surface area contributed by atoms with E-state index in [0.29, 0.717) is 28.2 Å². The fraction of sp³-hybridized carbons (Fsp3) is 0.409. The van der Waals surface area contributed by atoms with E-state index in [0.717, 1.165) is 0 Å². The topological polar surface area (TPSA) is 146 Å². The number of carboxylic acid groups (broad SMARTS) is 1. The number of aliphatic hydroxyl groups is 4. The van der Waals surface area contributed by atoms with Crippen LogP contribution >= 0.6 is 0 Å². The predicted molar refractivity (Wildman–Crippen MR) is 108 cm³/mol. The van der Waals surface area contributed by atoms with Crippen molar-refractivity contribution < 1.29 is 44.5 Å². The van der Waals surface area contributed by atoms with E-state index in [-0.39, 0.29) is 12.0 Å². The van der Waals surface area contributed by atoms with Crippen LogP contribution in [0.4, 0.5) is 0 Å². The van der Waals surface area contributed by atoms with Crippen molar-refractivity contribution in [2.45, 2.75) is 36.9 Å². The van der Waals surface area contributed by atoms with Gasteiger partial charge in [0.2, 0.25) is 0 Å². The number of hydrogen-bond donors (Lipinski definition) is 5. The minimum absolute atomic E-state index is 0.168. The summed E-state index contributed by atoms with van der Waals surface area (Å²) in [6.07, 6.45) is -6.41. The van der Waals surface area contributed by atoms with Crippen LogP contribution < -0.4 is 9.47 Å². The monoisotopic (exact) mass is 434 g/mol. The van der Waals surface area contributed by atoms with E-state index >= 15 is 0 Å². The van der Waals surface area contributed by atoms with Gasteiger partial charge in [0, 0.05) is 17.5 Å². The molecule has 0 bridgehead atoms. The zero-order valence-electron chi connectivity index (χ0n) is 17.1. The fourth-order valence-electron chi connectivity index (χ4n) is 3.79. The number of rotatable bonds is 7. The second-order valence-electron chi connectivity index (χ2n) is 7.29. The lowest BCUT2D eigenvalue weighted by Crippen LogP contribution is -2.55. The molecular formula is C22H26O9. The van der Waals surface area contributed by atoms with Gasteiger partial charge in [0.15, 0.2) is 0 Å². The Balaban J connectivity index is 2.03. The quantitative estimate of drug-likeness (QED) is 0.421. The number of benzene rings is 2. The van der Waals surface area contributed by atoms with Crippen molar-refractivity contribution in [3.63, 3.8) is 0 Å². The molecule has 2 aromatic carbocycles. The summed E-state index contributed by atoms with van der Waals surface area (Å²) in [6.45, 7) is -0.551. The highest BCUT2D eigenvalue weighted by molar-refractivity contribution is 5.89.